The Labute approximate surface area is 169 Å². The number of aryl methyl sites for hydroxylation is 1. The molecule has 3 rings (SSSR count). The second-order valence-electron chi connectivity index (χ2n) is 6.36. The fourth-order valence-corrected chi connectivity index (χ4v) is 3.59. The van der Waals surface area contributed by atoms with Gasteiger partial charge in [-0.3, -0.25) is 9.52 Å². The van der Waals surface area contributed by atoms with Crippen LogP contribution in [0.25, 0.3) is 0 Å². The largest absolute Gasteiger partial charge is 0.454 e. The van der Waals surface area contributed by atoms with E-state index in [1.54, 1.807) is 42.5 Å². The first-order chi connectivity index (χ1) is 13.8. The van der Waals surface area contributed by atoms with Crippen molar-refractivity contribution in [3.05, 3.63) is 95.6 Å². The quantitative estimate of drug-likeness (QED) is 0.473. The van der Waals surface area contributed by atoms with Crippen molar-refractivity contribution in [2.75, 3.05) is 11.3 Å². The molecule has 0 bridgehead atoms. The molecule has 0 spiro atoms. The molecule has 6 nitrogen and oxygen atoms in total. The van der Waals surface area contributed by atoms with Gasteiger partial charge in [0.05, 0.1) is 10.5 Å². The zero-order valence-corrected chi connectivity index (χ0v) is 16.5. The fourth-order valence-electron chi connectivity index (χ4n) is 2.53. The number of ketones is 1. The number of nitrogens with one attached hydrogen (secondary N) is 1. The van der Waals surface area contributed by atoms with Gasteiger partial charge in [0.25, 0.3) is 10.0 Å². The Morgan fingerprint density at radius 1 is 0.828 bits per heavy atom. The third kappa shape index (κ3) is 5.30. The summed E-state index contributed by atoms with van der Waals surface area (Å²) in [6.07, 6.45) is 0. The molecule has 0 unspecified atom stereocenters. The Morgan fingerprint density at radius 2 is 1.45 bits per heavy atom. The summed E-state index contributed by atoms with van der Waals surface area (Å²) < 4.78 is 32.3. The molecule has 1 N–H and O–H groups in total. The van der Waals surface area contributed by atoms with E-state index in [9.17, 15) is 18.0 Å². The van der Waals surface area contributed by atoms with Crippen LogP contribution in [0.1, 0.15) is 26.3 Å². The molecule has 7 heteroatoms. The van der Waals surface area contributed by atoms with Gasteiger partial charge in [0.1, 0.15) is 0 Å². The number of carbonyl (C=O) groups is 2. The van der Waals surface area contributed by atoms with Crippen LogP contribution in [0.5, 0.6) is 0 Å². The van der Waals surface area contributed by atoms with Gasteiger partial charge in [-0.15, -0.1) is 0 Å². The normalized spacial score (nSPS) is 10.9. The lowest BCUT2D eigenvalue weighted by atomic mass is 10.1. The molecule has 0 aliphatic carbocycles. The van der Waals surface area contributed by atoms with Gasteiger partial charge < -0.3 is 4.74 Å². The van der Waals surface area contributed by atoms with E-state index in [-0.39, 0.29) is 22.8 Å². The number of sulfonamides is 1. The highest BCUT2D eigenvalue weighted by Crippen LogP contribution is 2.17. The molecule has 3 aromatic carbocycles. The van der Waals surface area contributed by atoms with E-state index in [2.05, 4.69) is 4.72 Å². The minimum atomic E-state index is -3.73. The first-order valence-corrected chi connectivity index (χ1v) is 10.3. The SMILES string of the molecule is Cc1ccc(S(=O)(=O)Nc2ccc(C(=O)OCC(=O)c3ccccc3)cc2)cc1. The van der Waals surface area contributed by atoms with E-state index < -0.39 is 16.0 Å². The van der Waals surface area contributed by atoms with E-state index in [1.807, 2.05) is 6.92 Å². The maximum atomic E-state index is 12.4. The summed E-state index contributed by atoms with van der Waals surface area (Å²) >= 11 is 0. The van der Waals surface area contributed by atoms with Gasteiger partial charge in [-0.1, -0.05) is 48.0 Å². The molecule has 0 heterocycles. The zero-order valence-electron chi connectivity index (χ0n) is 15.7. The van der Waals surface area contributed by atoms with Crippen molar-refractivity contribution in [3.63, 3.8) is 0 Å². The van der Waals surface area contributed by atoms with Gasteiger partial charge in [0, 0.05) is 11.3 Å². The molecule has 0 saturated carbocycles. The van der Waals surface area contributed by atoms with E-state index in [4.69, 9.17) is 4.74 Å². The van der Waals surface area contributed by atoms with Gasteiger partial charge in [0.15, 0.2) is 12.4 Å². The van der Waals surface area contributed by atoms with Crippen LogP contribution in [0, 0.1) is 6.92 Å². The average molecular weight is 409 g/mol. The molecule has 0 fully saturated rings. The minimum Gasteiger partial charge on any atom is -0.454 e. The summed E-state index contributed by atoms with van der Waals surface area (Å²) in [6, 6.07) is 20.8. The van der Waals surface area contributed by atoms with Crippen molar-refractivity contribution in [2.24, 2.45) is 0 Å². The molecule has 0 saturated heterocycles. The van der Waals surface area contributed by atoms with Crippen molar-refractivity contribution in [3.8, 4) is 0 Å². The second-order valence-corrected chi connectivity index (χ2v) is 8.04. The van der Waals surface area contributed by atoms with Crippen LogP contribution in [0.15, 0.2) is 83.8 Å². The Bertz CT molecular complexity index is 1110. The number of esters is 1. The standard InChI is InChI=1S/C22H19NO5S/c1-16-7-13-20(14-8-16)29(26,27)23-19-11-9-18(10-12-19)22(25)28-15-21(24)17-5-3-2-4-6-17/h2-14,23H,15H2,1H3. The van der Waals surface area contributed by atoms with Crippen LogP contribution in [-0.4, -0.2) is 26.8 Å². The minimum absolute atomic E-state index is 0.144. The Hall–Kier alpha value is -3.45. The molecular formula is C22H19NO5S. The number of carbonyl (C=O) groups excluding carboxylic acids is 2. The lowest BCUT2D eigenvalue weighted by Gasteiger charge is -2.09. The van der Waals surface area contributed by atoms with E-state index in [1.165, 1.54) is 36.4 Å². The van der Waals surface area contributed by atoms with Crippen LogP contribution in [-0.2, 0) is 14.8 Å². The average Bonchev–Trinajstić information content (AvgIpc) is 2.73. The fraction of sp³-hybridized carbons (Fsp3) is 0.0909. The molecular weight excluding hydrogens is 390 g/mol. The Kier molecular flexibility index (Phi) is 6.09. The van der Waals surface area contributed by atoms with Crippen LogP contribution >= 0.6 is 0 Å². The molecule has 0 aliphatic heterocycles. The van der Waals surface area contributed by atoms with E-state index in [0.29, 0.717) is 11.3 Å². The summed E-state index contributed by atoms with van der Waals surface area (Å²) in [5, 5.41) is 0. The first kappa shape index (κ1) is 20.3. The van der Waals surface area contributed by atoms with Gasteiger partial charge >= 0.3 is 5.97 Å². The molecule has 148 valence electrons. The number of rotatable bonds is 7. The van der Waals surface area contributed by atoms with Gasteiger partial charge in [-0.05, 0) is 43.3 Å². The second kappa shape index (κ2) is 8.70. The van der Waals surface area contributed by atoms with Crippen molar-refractivity contribution in [1.29, 1.82) is 0 Å². The number of ether oxygens (including phenoxy) is 1. The summed E-state index contributed by atoms with van der Waals surface area (Å²) in [7, 11) is -3.73. The molecule has 0 amide bonds. The maximum absolute atomic E-state index is 12.4. The highest BCUT2D eigenvalue weighted by molar-refractivity contribution is 7.92. The molecule has 0 aliphatic rings. The van der Waals surface area contributed by atoms with E-state index in [0.717, 1.165) is 5.56 Å². The predicted molar refractivity (Wildman–Crippen MR) is 109 cm³/mol. The summed E-state index contributed by atoms with van der Waals surface area (Å²) in [5.74, 6) is -0.969. The predicted octanol–water partition coefficient (Wildman–Crippen LogP) is 3.84. The highest BCUT2D eigenvalue weighted by atomic mass is 32.2. The van der Waals surface area contributed by atoms with Crippen molar-refractivity contribution >= 4 is 27.5 Å². The summed E-state index contributed by atoms with van der Waals surface area (Å²) in [6.45, 7) is 1.50. The van der Waals surface area contributed by atoms with Crippen LogP contribution in [0.3, 0.4) is 0 Å². The summed E-state index contributed by atoms with van der Waals surface area (Å²) in [4.78, 5) is 24.3. The molecule has 0 atom stereocenters. The summed E-state index contributed by atoms with van der Waals surface area (Å²) in [5.41, 5.74) is 1.94. The number of benzene rings is 3. The number of Topliss-reactive ketones (excluding diaryl/α,β-unsaturated/α-hetero) is 1. The topological polar surface area (TPSA) is 89.5 Å². The van der Waals surface area contributed by atoms with E-state index >= 15 is 0 Å². The Balaban J connectivity index is 1.61. The molecule has 0 aromatic heterocycles. The first-order valence-electron chi connectivity index (χ1n) is 8.80. The van der Waals surface area contributed by atoms with Crippen molar-refractivity contribution in [2.45, 2.75) is 11.8 Å². The monoisotopic (exact) mass is 409 g/mol. The maximum Gasteiger partial charge on any atom is 0.338 e. The highest BCUT2D eigenvalue weighted by Gasteiger charge is 2.15. The van der Waals surface area contributed by atoms with Crippen LogP contribution in [0.2, 0.25) is 0 Å². The smallest absolute Gasteiger partial charge is 0.338 e. The molecule has 3 aromatic rings. The van der Waals surface area contributed by atoms with Crippen LogP contribution in [0.4, 0.5) is 5.69 Å². The van der Waals surface area contributed by atoms with Gasteiger partial charge in [-0.25, -0.2) is 13.2 Å². The van der Waals surface area contributed by atoms with Gasteiger partial charge in [0.2, 0.25) is 0 Å². The number of hydrogen-bond donors (Lipinski definition) is 1. The van der Waals surface area contributed by atoms with Crippen molar-refractivity contribution < 1.29 is 22.7 Å². The Morgan fingerprint density at radius 3 is 2.07 bits per heavy atom. The number of anilines is 1. The van der Waals surface area contributed by atoms with Crippen molar-refractivity contribution in [1.82, 2.24) is 0 Å². The zero-order chi connectivity index (χ0) is 20.9. The van der Waals surface area contributed by atoms with Crippen LogP contribution < -0.4 is 4.72 Å². The van der Waals surface area contributed by atoms with Gasteiger partial charge in [-0.2, -0.15) is 0 Å². The number of hydrogen-bond acceptors (Lipinski definition) is 5. The molecule has 29 heavy (non-hydrogen) atoms. The molecule has 0 radical (unpaired) electrons. The third-order valence-electron chi connectivity index (χ3n) is 4.13. The third-order valence-corrected chi connectivity index (χ3v) is 5.53. The lowest BCUT2D eigenvalue weighted by molar-refractivity contribution is 0.0475. The lowest BCUT2D eigenvalue weighted by Crippen LogP contribution is -2.15.